The van der Waals surface area contributed by atoms with Crippen molar-refractivity contribution in [2.75, 3.05) is 25.6 Å². The fourth-order valence-electron chi connectivity index (χ4n) is 2.74. The van der Waals surface area contributed by atoms with Crippen molar-refractivity contribution < 1.29 is 22.6 Å². The molecule has 0 aliphatic carbocycles. The summed E-state index contributed by atoms with van der Waals surface area (Å²) < 4.78 is 41.2. The first-order valence-corrected chi connectivity index (χ1v) is 9.63. The molecule has 1 aromatic carbocycles. The molecule has 122 valence electrons. The van der Waals surface area contributed by atoms with Gasteiger partial charge < -0.3 is 14.2 Å². The summed E-state index contributed by atoms with van der Waals surface area (Å²) in [7, 11) is -3.25. The summed E-state index contributed by atoms with van der Waals surface area (Å²) in [5, 5.41) is 0.390. The van der Waals surface area contributed by atoms with E-state index in [1.165, 1.54) is 0 Å². The Kier molecular flexibility index (Phi) is 4.80. The lowest BCUT2D eigenvalue weighted by Crippen LogP contribution is -2.21. The lowest BCUT2D eigenvalue weighted by atomic mass is 10.2. The minimum Gasteiger partial charge on any atom is -0.489 e. The van der Waals surface area contributed by atoms with Gasteiger partial charge in [0, 0.05) is 13.0 Å². The van der Waals surface area contributed by atoms with Gasteiger partial charge in [0.2, 0.25) is 0 Å². The number of halogens is 1. The van der Waals surface area contributed by atoms with Crippen molar-refractivity contribution in [2.45, 2.75) is 31.1 Å². The minimum atomic E-state index is -3.25. The Morgan fingerprint density at radius 2 is 1.95 bits per heavy atom. The molecule has 1 atom stereocenters. The first-order chi connectivity index (χ1) is 10.5. The summed E-state index contributed by atoms with van der Waals surface area (Å²) in [6.07, 6.45) is 2.33. The zero-order valence-corrected chi connectivity index (χ0v) is 13.8. The molecule has 0 amide bonds. The number of hydrogen-bond donors (Lipinski definition) is 0. The van der Waals surface area contributed by atoms with Gasteiger partial charge in [0.25, 0.3) is 0 Å². The molecule has 5 nitrogen and oxygen atoms in total. The molecule has 0 aromatic heterocycles. The van der Waals surface area contributed by atoms with Crippen LogP contribution in [0, 0.1) is 0 Å². The summed E-state index contributed by atoms with van der Waals surface area (Å²) in [5.41, 5.74) is 0.618. The number of hydrogen-bond acceptors (Lipinski definition) is 5. The molecule has 7 heteroatoms. The number of ether oxygens (including phenoxy) is 3. The third kappa shape index (κ3) is 3.86. The molecule has 3 rings (SSSR count). The highest BCUT2D eigenvalue weighted by Crippen LogP contribution is 2.38. The Morgan fingerprint density at radius 1 is 1.14 bits per heavy atom. The zero-order chi connectivity index (χ0) is 15.6. The van der Waals surface area contributed by atoms with Crippen molar-refractivity contribution in [1.82, 2.24) is 0 Å². The zero-order valence-electron chi connectivity index (χ0n) is 12.2. The quantitative estimate of drug-likeness (QED) is 0.838. The van der Waals surface area contributed by atoms with E-state index >= 15 is 0 Å². The Morgan fingerprint density at radius 3 is 2.73 bits per heavy atom. The van der Waals surface area contributed by atoms with Crippen LogP contribution >= 0.6 is 11.6 Å². The smallest absolute Gasteiger partial charge is 0.179 e. The van der Waals surface area contributed by atoms with Gasteiger partial charge in [0.05, 0.1) is 35.8 Å². The summed E-state index contributed by atoms with van der Waals surface area (Å²) in [6, 6.07) is 3.35. The highest BCUT2D eigenvalue weighted by molar-refractivity contribution is 7.90. The van der Waals surface area contributed by atoms with Gasteiger partial charge in [0.1, 0.15) is 0 Å². The van der Waals surface area contributed by atoms with E-state index in [0.717, 1.165) is 19.3 Å². The van der Waals surface area contributed by atoms with Gasteiger partial charge >= 0.3 is 0 Å². The van der Waals surface area contributed by atoms with E-state index < -0.39 is 9.84 Å². The fourth-order valence-corrected chi connectivity index (χ4v) is 4.65. The summed E-state index contributed by atoms with van der Waals surface area (Å²) >= 11 is 6.19. The second-order valence-electron chi connectivity index (χ2n) is 5.64. The van der Waals surface area contributed by atoms with E-state index in [4.69, 9.17) is 25.8 Å². The number of benzene rings is 1. The minimum absolute atomic E-state index is 0.0546. The third-order valence-electron chi connectivity index (χ3n) is 3.71. The maximum Gasteiger partial charge on any atom is 0.179 e. The van der Waals surface area contributed by atoms with Crippen molar-refractivity contribution in [3.8, 4) is 11.5 Å². The summed E-state index contributed by atoms with van der Waals surface area (Å²) in [5.74, 6) is 1.01. The van der Waals surface area contributed by atoms with Crippen LogP contribution in [0.3, 0.4) is 0 Å². The van der Waals surface area contributed by atoms with Gasteiger partial charge in [-0.1, -0.05) is 11.6 Å². The van der Waals surface area contributed by atoms with Crippen LogP contribution in [-0.4, -0.2) is 40.1 Å². The average molecular weight is 347 g/mol. The van der Waals surface area contributed by atoms with Gasteiger partial charge in [-0.25, -0.2) is 8.42 Å². The van der Waals surface area contributed by atoms with Crippen LogP contribution in [0.2, 0.25) is 5.02 Å². The normalized spacial score (nSPS) is 21.6. The van der Waals surface area contributed by atoms with Crippen LogP contribution in [0.1, 0.15) is 24.8 Å². The lowest BCUT2D eigenvalue weighted by molar-refractivity contribution is 0.127. The first-order valence-electron chi connectivity index (χ1n) is 7.43. The van der Waals surface area contributed by atoms with Crippen LogP contribution < -0.4 is 9.47 Å². The molecule has 22 heavy (non-hydrogen) atoms. The van der Waals surface area contributed by atoms with E-state index in [-0.39, 0.29) is 17.6 Å². The van der Waals surface area contributed by atoms with E-state index in [1.54, 1.807) is 12.1 Å². The van der Waals surface area contributed by atoms with Crippen molar-refractivity contribution in [1.29, 1.82) is 0 Å². The molecule has 2 aliphatic heterocycles. The molecule has 0 spiro atoms. The highest BCUT2D eigenvalue weighted by Gasteiger charge is 2.25. The van der Waals surface area contributed by atoms with Gasteiger partial charge in [-0.3, -0.25) is 0 Å². The van der Waals surface area contributed by atoms with Crippen LogP contribution in [0.25, 0.3) is 0 Å². The second kappa shape index (κ2) is 6.64. The topological polar surface area (TPSA) is 61.8 Å². The van der Waals surface area contributed by atoms with Crippen LogP contribution in [-0.2, 0) is 20.3 Å². The SMILES string of the molecule is O=S(=O)(Cc1cc(Cl)c2c(c1)OCCCO2)CC1CCCO1. The maximum absolute atomic E-state index is 12.3. The van der Waals surface area contributed by atoms with Crippen molar-refractivity contribution in [2.24, 2.45) is 0 Å². The fraction of sp³-hybridized carbons (Fsp3) is 0.600. The lowest BCUT2D eigenvalue weighted by Gasteiger charge is -2.13. The maximum atomic E-state index is 12.3. The Balaban J connectivity index is 1.77. The van der Waals surface area contributed by atoms with Gasteiger partial charge in [-0.2, -0.15) is 0 Å². The summed E-state index contributed by atoms with van der Waals surface area (Å²) in [6.45, 7) is 1.73. The molecule has 0 bridgehead atoms. The summed E-state index contributed by atoms with van der Waals surface area (Å²) in [4.78, 5) is 0. The molecular formula is C15H19ClO5S. The Hall–Kier alpha value is -0.980. The largest absolute Gasteiger partial charge is 0.489 e. The van der Waals surface area contributed by atoms with Crippen LogP contribution in [0.5, 0.6) is 11.5 Å². The Labute approximate surface area is 135 Å². The van der Waals surface area contributed by atoms with Gasteiger partial charge in [-0.15, -0.1) is 0 Å². The highest BCUT2D eigenvalue weighted by atomic mass is 35.5. The van der Waals surface area contributed by atoms with Crippen LogP contribution in [0.4, 0.5) is 0 Å². The monoisotopic (exact) mass is 346 g/mol. The number of fused-ring (bicyclic) bond motifs is 1. The molecule has 1 unspecified atom stereocenters. The average Bonchev–Trinajstić information content (AvgIpc) is 2.80. The van der Waals surface area contributed by atoms with Crippen molar-refractivity contribution in [3.63, 3.8) is 0 Å². The van der Waals surface area contributed by atoms with E-state index in [2.05, 4.69) is 0 Å². The molecule has 0 radical (unpaired) electrons. The van der Waals surface area contributed by atoms with Gasteiger partial charge in [0.15, 0.2) is 21.3 Å². The van der Waals surface area contributed by atoms with Crippen LogP contribution in [0.15, 0.2) is 12.1 Å². The van der Waals surface area contributed by atoms with Crippen molar-refractivity contribution >= 4 is 21.4 Å². The van der Waals surface area contributed by atoms with Gasteiger partial charge in [-0.05, 0) is 30.5 Å². The molecule has 2 heterocycles. The number of rotatable bonds is 4. The molecular weight excluding hydrogens is 328 g/mol. The first kappa shape index (κ1) is 15.9. The predicted octanol–water partition coefficient (Wildman–Crippen LogP) is 2.60. The van der Waals surface area contributed by atoms with E-state index in [0.29, 0.717) is 41.9 Å². The standard InChI is InChI=1S/C15H19ClO5S/c16-13-7-11(8-14-15(13)21-6-2-5-20-14)9-22(17,18)10-12-3-1-4-19-12/h7-8,12H,1-6,9-10H2. The Bertz CT molecular complexity index is 638. The number of sulfone groups is 1. The molecule has 1 aromatic rings. The molecule has 0 N–H and O–H groups in total. The predicted molar refractivity (Wildman–Crippen MR) is 83.5 cm³/mol. The molecule has 0 saturated carbocycles. The van der Waals surface area contributed by atoms with E-state index in [9.17, 15) is 8.42 Å². The molecule has 1 saturated heterocycles. The molecule has 1 fully saturated rings. The third-order valence-corrected chi connectivity index (χ3v) is 5.65. The molecule has 2 aliphatic rings. The second-order valence-corrected chi connectivity index (χ2v) is 8.16. The van der Waals surface area contributed by atoms with Crippen molar-refractivity contribution in [3.05, 3.63) is 22.7 Å². The van der Waals surface area contributed by atoms with E-state index in [1.807, 2.05) is 0 Å².